The monoisotopic (exact) mass is 303 g/mol. The van der Waals surface area contributed by atoms with Crippen LogP contribution in [0.15, 0.2) is 24.3 Å². The Morgan fingerprint density at radius 3 is 1.86 bits per heavy atom. The lowest BCUT2D eigenvalue weighted by molar-refractivity contribution is 0.00578. The van der Waals surface area contributed by atoms with Crippen molar-refractivity contribution in [1.29, 1.82) is 0 Å². The van der Waals surface area contributed by atoms with Crippen LogP contribution >= 0.6 is 0 Å². The fraction of sp³-hybridized carbons (Fsp3) is 0.667. The zero-order valence-electron chi connectivity index (χ0n) is 15.3. The predicted molar refractivity (Wildman–Crippen MR) is 94.9 cm³/mol. The minimum atomic E-state index is -0.302. The first-order valence-corrected chi connectivity index (χ1v) is 8.29. The standard InChI is InChI=1S/C18H30BNO2/c1-13(2)20(14(3)4)16-11-9-10-15(12-16)19-21-17(5,6)18(7,8)22-19/h9-14H,1-8H3. The fourth-order valence-corrected chi connectivity index (χ4v) is 3.00. The molecule has 2 rings (SSSR count). The lowest BCUT2D eigenvalue weighted by Crippen LogP contribution is -2.41. The third-order valence-corrected chi connectivity index (χ3v) is 4.81. The largest absolute Gasteiger partial charge is 0.494 e. The van der Waals surface area contributed by atoms with Crippen molar-refractivity contribution in [2.24, 2.45) is 0 Å². The second-order valence-corrected chi connectivity index (χ2v) is 7.78. The molecule has 0 radical (unpaired) electrons. The number of rotatable bonds is 4. The van der Waals surface area contributed by atoms with E-state index in [0.29, 0.717) is 12.1 Å². The van der Waals surface area contributed by atoms with Crippen LogP contribution in [-0.4, -0.2) is 30.4 Å². The molecule has 1 saturated heterocycles. The van der Waals surface area contributed by atoms with Crippen LogP contribution in [-0.2, 0) is 9.31 Å². The van der Waals surface area contributed by atoms with E-state index < -0.39 is 0 Å². The van der Waals surface area contributed by atoms with E-state index in [4.69, 9.17) is 9.31 Å². The molecule has 0 saturated carbocycles. The second kappa shape index (κ2) is 5.90. The minimum Gasteiger partial charge on any atom is -0.399 e. The Morgan fingerprint density at radius 2 is 1.41 bits per heavy atom. The first-order valence-electron chi connectivity index (χ1n) is 8.29. The quantitative estimate of drug-likeness (QED) is 0.793. The van der Waals surface area contributed by atoms with E-state index >= 15 is 0 Å². The Morgan fingerprint density at radius 1 is 0.909 bits per heavy atom. The van der Waals surface area contributed by atoms with Gasteiger partial charge in [0.25, 0.3) is 0 Å². The van der Waals surface area contributed by atoms with Crippen LogP contribution < -0.4 is 10.4 Å². The van der Waals surface area contributed by atoms with E-state index in [1.54, 1.807) is 0 Å². The van der Waals surface area contributed by atoms with Gasteiger partial charge in [0.15, 0.2) is 0 Å². The molecule has 1 fully saturated rings. The molecule has 1 aliphatic heterocycles. The molecule has 0 aromatic heterocycles. The molecule has 3 nitrogen and oxygen atoms in total. The first kappa shape index (κ1) is 17.4. The summed E-state index contributed by atoms with van der Waals surface area (Å²) in [6.07, 6.45) is 0. The summed E-state index contributed by atoms with van der Waals surface area (Å²) in [7, 11) is -0.300. The second-order valence-electron chi connectivity index (χ2n) is 7.78. The summed E-state index contributed by atoms with van der Waals surface area (Å²) in [5.74, 6) is 0. The van der Waals surface area contributed by atoms with Crippen LogP contribution in [0.25, 0.3) is 0 Å². The number of hydrogen-bond acceptors (Lipinski definition) is 3. The molecule has 1 aromatic rings. The van der Waals surface area contributed by atoms with Crippen molar-refractivity contribution in [3.63, 3.8) is 0 Å². The van der Waals surface area contributed by atoms with E-state index in [9.17, 15) is 0 Å². The molecule has 1 heterocycles. The Labute approximate surface area is 136 Å². The topological polar surface area (TPSA) is 21.7 Å². The van der Waals surface area contributed by atoms with Gasteiger partial charge in [0, 0.05) is 17.8 Å². The summed E-state index contributed by atoms with van der Waals surface area (Å²) in [4.78, 5) is 2.41. The van der Waals surface area contributed by atoms with E-state index in [1.165, 1.54) is 5.69 Å². The molecule has 1 aromatic carbocycles. The van der Waals surface area contributed by atoms with Crippen molar-refractivity contribution in [3.8, 4) is 0 Å². The van der Waals surface area contributed by atoms with E-state index in [0.717, 1.165) is 5.46 Å². The van der Waals surface area contributed by atoms with Gasteiger partial charge in [-0.1, -0.05) is 12.1 Å². The van der Waals surface area contributed by atoms with Gasteiger partial charge in [-0.3, -0.25) is 0 Å². The SMILES string of the molecule is CC(C)N(c1cccc(B2OC(C)(C)C(C)(C)O2)c1)C(C)C. The van der Waals surface area contributed by atoms with Crippen LogP contribution in [0.2, 0.25) is 0 Å². The van der Waals surface area contributed by atoms with Crippen molar-refractivity contribution in [3.05, 3.63) is 24.3 Å². The van der Waals surface area contributed by atoms with Crippen LogP contribution in [0.4, 0.5) is 5.69 Å². The first-order chi connectivity index (χ1) is 10.0. The van der Waals surface area contributed by atoms with Crippen LogP contribution in [0, 0.1) is 0 Å². The highest BCUT2D eigenvalue weighted by Gasteiger charge is 2.51. The minimum absolute atomic E-state index is 0.300. The number of nitrogens with zero attached hydrogens (tertiary/aromatic N) is 1. The summed E-state index contributed by atoms with van der Waals surface area (Å²) in [5.41, 5.74) is 1.70. The normalized spacial score (nSPS) is 20.0. The Bertz CT molecular complexity index is 502. The van der Waals surface area contributed by atoms with Crippen molar-refractivity contribution in [2.75, 3.05) is 4.90 Å². The van der Waals surface area contributed by atoms with Gasteiger partial charge in [-0.25, -0.2) is 0 Å². The van der Waals surface area contributed by atoms with Gasteiger partial charge in [0.1, 0.15) is 0 Å². The van der Waals surface area contributed by atoms with Crippen molar-refractivity contribution in [1.82, 2.24) is 0 Å². The molecular weight excluding hydrogens is 273 g/mol. The van der Waals surface area contributed by atoms with Gasteiger partial charge in [-0.15, -0.1) is 0 Å². The molecule has 0 spiro atoms. The highest BCUT2D eigenvalue weighted by atomic mass is 16.7. The Kier molecular flexibility index (Phi) is 4.65. The number of anilines is 1. The Balaban J connectivity index is 2.30. The number of benzene rings is 1. The third kappa shape index (κ3) is 3.18. The molecule has 0 unspecified atom stereocenters. The zero-order valence-corrected chi connectivity index (χ0v) is 15.3. The molecular formula is C18H30BNO2. The highest BCUT2D eigenvalue weighted by Crippen LogP contribution is 2.36. The molecule has 0 aliphatic carbocycles. The van der Waals surface area contributed by atoms with Crippen molar-refractivity contribution >= 4 is 18.3 Å². The zero-order chi connectivity index (χ0) is 16.7. The van der Waals surface area contributed by atoms with Crippen LogP contribution in [0.5, 0.6) is 0 Å². The van der Waals surface area contributed by atoms with Crippen LogP contribution in [0.3, 0.4) is 0 Å². The summed E-state index contributed by atoms with van der Waals surface area (Å²) in [6, 6.07) is 9.44. The van der Waals surface area contributed by atoms with Gasteiger partial charge in [0.2, 0.25) is 0 Å². The molecule has 0 bridgehead atoms. The lowest BCUT2D eigenvalue weighted by Gasteiger charge is -2.33. The van der Waals surface area contributed by atoms with Gasteiger partial charge in [-0.2, -0.15) is 0 Å². The molecule has 22 heavy (non-hydrogen) atoms. The molecule has 0 amide bonds. The molecule has 0 atom stereocenters. The predicted octanol–water partition coefficient (Wildman–Crippen LogP) is 3.61. The van der Waals surface area contributed by atoms with Crippen molar-refractivity contribution < 1.29 is 9.31 Å². The third-order valence-electron chi connectivity index (χ3n) is 4.81. The maximum atomic E-state index is 6.17. The summed E-state index contributed by atoms with van der Waals surface area (Å²) in [6.45, 7) is 17.2. The van der Waals surface area contributed by atoms with Crippen molar-refractivity contribution in [2.45, 2.75) is 78.7 Å². The van der Waals surface area contributed by atoms with Gasteiger partial charge >= 0.3 is 7.12 Å². The van der Waals surface area contributed by atoms with E-state index in [-0.39, 0.29) is 18.3 Å². The van der Waals surface area contributed by atoms with Gasteiger partial charge in [0.05, 0.1) is 11.2 Å². The molecule has 122 valence electrons. The number of hydrogen-bond donors (Lipinski definition) is 0. The van der Waals surface area contributed by atoms with E-state index in [1.807, 2.05) is 0 Å². The average Bonchev–Trinajstić information content (AvgIpc) is 2.58. The molecule has 0 N–H and O–H groups in total. The summed E-state index contributed by atoms with van der Waals surface area (Å²) < 4.78 is 12.3. The van der Waals surface area contributed by atoms with Crippen LogP contribution in [0.1, 0.15) is 55.4 Å². The molecule has 4 heteroatoms. The lowest BCUT2D eigenvalue weighted by atomic mass is 9.79. The smallest absolute Gasteiger partial charge is 0.399 e. The maximum absolute atomic E-state index is 6.17. The van der Waals surface area contributed by atoms with Gasteiger partial charge < -0.3 is 14.2 Å². The summed E-state index contributed by atoms with van der Waals surface area (Å²) >= 11 is 0. The average molecular weight is 303 g/mol. The fourth-order valence-electron chi connectivity index (χ4n) is 3.00. The Hall–Kier alpha value is -0.995. The summed E-state index contributed by atoms with van der Waals surface area (Å²) in [5, 5.41) is 0. The maximum Gasteiger partial charge on any atom is 0.494 e. The van der Waals surface area contributed by atoms with E-state index in [2.05, 4.69) is 84.6 Å². The van der Waals surface area contributed by atoms with Gasteiger partial charge in [-0.05, 0) is 73.0 Å². The highest BCUT2D eigenvalue weighted by molar-refractivity contribution is 6.62. The molecule has 1 aliphatic rings.